The highest BCUT2D eigenvalue weighted by Crippen LogP contribution is 2.48. The summed E-state index contributed by atoms with van der Waals surface area (Å²) in [6, 6.07) is 6.62. The zero-order valence-electron chi connectivity index (χ0n) is 13.3. The van der Waals surface area contributed by atoms with Gasteiger partial charge in [0.15, 0.2) is 11.6 Å². The molecule has 0 spiro atoms. The lowest BCUT2D eigenvalue weighted by Crippen LogP contribution is -2.36. The van der Waals surface area contributed by atoms with E-state index in [-0.39, 0.29) is 39.0 Å². The minimum atomic E-state index is -1.71. The number of aliphatic hydroxyl groups excluding tert-OH is 3. The average Bonchev–Trinajstić information content (AvgIpc) is 2.62. The number of benzene rings is 2. The van der Waals surface area contributed by atoms with Gasteiger partial charge in [-0.05, 0) is 29.3 Å². The second kappa shape index (κ2) is 5.50. The number of hydrogen-bond acceptors (Lipinski definition) is 7. The standard InChI is InChI=1S/C19H14O7/c20-6-7-4-9-12(11(22)5-7)14-15(19(26)17(9)24)18(25)13-8(16(14)23)2-1-3-10(13)21/h1-5,17,19-22,24,26H,6H2/t17-,19-/m1/s1. The van der Waals surface area contributed by atoms with Crippen molar-refractivity contribution >= 4 is 17.1 Å². The van der Waals surface area contributed by atoms with Crippen molar-refractivity contribution in [3.05, 3.63) is 63.7 Å². The van der Waals surface area contributed by atoms with E-state index in [1.54, 1.807) is 0 Å². The molecule has 26 heavy (non-hydrogen) atoms. The lowest BCUT2D eigenvalue weighted by molar-refractivity contribution is 0.0362. The van der Waals surface area contributed by atoms with Crippen LogP contribution < -0.4 is 0 Å². The van der Waals surface area contributed by atoms with Crippen LogP contribution in [0.3, 0.4) is 0 Å². The molecule has 0 radical (unpaired) electrons. The van der Waals surface area contributed by atoms with E-state index < -0.39 is 41.9 Å². The summed E-state index contributed by atoms with van der Waals surface area (Å²) in [4.78, 5) is 25.9. The van der Waals surface area contributed by atoms with Gasteiger partial charge in [0.25, 0.3) is 0 Å². The third-order valence-electron chi connectivity index (χ3n) is 4.81. The minimum Gasteiger partial charge on any atom is -0.507 e. The molecule has 0 aromatic heterocycles. The van der Waals surface area contributed by atoms with Gasteiger partial charge < -0.3 is 25.5 Å². The fourth-order valence-electron chi connectivity index (χ4n) is 3.64. The molecule has 0 amide bonds. The summed E-state index contributed by atoms with van der Waals surface area (Å²) in [7, 11) is 0. The molecule has 0 bridgehead atoms. The zero-order chi connectivity index (χ0) is 18.7. The number of aromatic hydroxyl groups is 2. The molecule has 4 rings (SSSR count). The van der Waals surface area contributed by atoms with Crippen molar-refractivity contribution in [1.29, 1.82) is 0 Å². The topological polar surface area (TPSA) is 135 Å². The Morgan fingerprint density at radius 2 is 1.62 bits per heavy atom. The van der Waals surface area contributed by atoms with Gasteiger partial charge in [0.05, 0.1) is 12.2 Å². The second-order valence-corrected chi connectivity index (χ2v) is 6.27. The Hall–Kier alpha value is -3.00. The first-order valence-corrected chi connectivity index (χ1v) is 7.85. The summed E-state index contributed by atoms with van der Waals surface area (Å²) in [6.07, 6.45) is -3.29. The smallest absolute Gasteiger partial charge is 0.196 e. The molecule has 0 saturated heterocycles. The van der Waals surface area contributed by atoms with Crippen molar-refractivity contribution in [2.75, 3.05) is 0 Å². The largest absolute Gasteiger partial charge is 0.507 e. The van der Waals surface area contributed by atoms with Gasteiger partial charge in [-0.1, -0.05) is 12.1 Å². The number of ketones is 2. The first-order valence-electron chi connectivity index (χ1n) is 7.85. The molecule has 2 atom stereocenters. The Morgan fingerprint density at radius 1 is 0.885 bits per heavy atom. The van der Waals surface area contributed by atoms with Crippen LogP contribution in [0.1, 0.15) is 43.5 Å². The average molecular weight is 354 g/mol. The van der Waals surface area contributed by atoms with E-state index in [4.69, 9.17) is 0 Å². The van der Waals surface area contributed by atoms with Crippen LogP contribution in [0.4, 0.5) is 0 Å². The Balaban J connectivity index is 2.08. The fraction of sp³-hybridized carbons (Fsp3) is 0.158. The van der Waals surface area contributed by atoms with Crippen LogP contribution in [0.5, 0.6) is 11.5 Å². The molecular weight excluding hydrogens is 340 g/mol. The first-order chi connectivity index (χ1) is 12.4. The number of phenols is 2. The molecule has 0 saturated carbocycles. The second-order valence-electron chi connectivity index (χ2n) is 6.27. The van der Waals surface area contributed by atoms with E-state index in [1.165, 1.54) is 30.3 Å². The molecule has 7 nitrogen and oxygen atoms in total. The Bertz CT molecular complexity index is 1020. The molecular formula is C19H14O7. The van der Waals surface area contributed by atoms with Crippen LogP contribution in [0.2, 0.25) is 0 Å². The number of allylic oxidation sites excluding steroid dienone is 1. The molecule has 5 N–H and O–H groups in total. The summed E-state index contributed by atoms with van der Waals surface area (Å²) in [5.41, 5.74) is -0.582. The molecule has 2 aliphatic rings. The molecule has 2 aromatic rings. The van der Waals surface area contributed by atoms with Crippen molar-refractivity contribution in [3.63, 3.8) is 0 Å². The van der Waals surface area contributed by atoms with Crippen LogP contribution in [0.25, 0.3) is 5.57 Å². The number of aliphatic hydroxyl groups is 3. The number of carbonyl (C=O) groups excluding carboxylic acids is 2. The van der Waals surface area contributed by atoms with E-state index in [1.807, 2.05) is 0 Å². The van der Waals surface area contributed by atoms with Gasteiger partial charge in [-0.3, -0.25) is 9.59 Å². The Kier molecular flexibility index (Phi) is 3.48. The van der Waals surface area contributed by atoms with Crippen LogP contribution >= 0.6 is 0 Å². The summed E-state index contributed by atoms with van der Waals surface area (Å²) in [5.74, 6) is -2.23. The third-order valence-corrected chi connectivity index (χ3v) is 4.81. The van der Waals surface area contributed by atoms with Crippen molar-refractivity contribution in [2.45, 2.75) is 18.8 Å². The van der Waals surface area contributed by atoms with Crippen LogP contribution in [0, 0.1) is 0 Å². The minimum absolute atomic E-state index is 0.0463. The monoisotopic (exact) mass is 354 g/mol. The van der Waals surface area contributed by atoms with Gasteiger partial charge in [0, 0.05) is 22.3 Å². The third kappa shape index (κ3) is 1.99. The van der Waals surface area contributed by atoms with Gasteiger partial charge in [0.2, 0.25) is 0 Å². The maximum atomic E-state index is 13.0. The molecule has 132 valence electrons. The highest BCUT2D eigenvalue weighted by Gasteiger charge is 2.45. The summed E-state index contributed by atoms with van der Waals surface area (Å²) >= 11 is 0. The zero-order valence-corrected chi connectivity index (χ0v) is 13.3. The van der Waals surface area contributed by atoms with E-state index in [0.717, 1.165) is 0 Å². The van der Waals surface area contributed by atoms with E-state index in [9.17, 15) is 35.1 Å². The number of phenolic OH excluding ortho intramolecular Hbond substituents is 2. The SMILES string of the molecule is O=C1C2=C(C(=O)c3c(O)cccc31)[C@@H](O)[C@H](O)c1cc(CO)cc(O)c12. The lowest BCUT2D eigenvalue weighted by atomic mass is 9.71. The molecule has 0 fully saturated rings. The molecule has 2 aliphatic carbocycles. The predicted octanol–water partition coefficient (Wildman–Crippen LogP) is 0.831. The van der Waals surface area contributed by atoms with Gasteiger partial charge in [-0.2, -0.15) is 0 Å². The molecule has 0 unspecified atom stereocenters. The first kappa shape index (κ1) is 16.5. The number of carbonyl (C=O) groups is 2. The van der Waals surface area contributed by atoms with Crippen LogP contribution in [-0.4, -0.2) is 43.2 Å². The van der Waals surface area contributed by atoms with Crippen molar-refractivity contribution in [1.82, 2.24) is 0 Å². The summed E-state index contributed by atoms with van der Waals surface area (Å²) in [5, 5.41) is 50.5. The van der Waals surface area contributed by atoms with Crippen molar-refractivity contribution < 1.29 is 35.1 Å². The maximum Gasteiger partial charge on any atom is 0.196 e. The number of fused-ring (bicyclic) bond motifs is 3. The van der Waals surface area contributed by atoms with Gasteiger partial charge in [-0.15, -0.1) is 0 Å². The maximum absolute atomic E-state index is 13.0. The highest BCUT2D eigenvalue weighted by atomic mass is 16.3. The van der Waals surface area contributed by atoms with Gasteiger partial charge in [0.1, 0.15) is 23.7 Å². The normalized spacial score (nSPS) is 21.3. The van der Waals surface area contributed by atoms with E-state index in [2.05, 4.69) is 0 Å². The predicted molar refractivity (Wildman–Crippen MR) is 88.7 cm³/mol. The van der Waals surface area contributed by atoms with Crippen LogP contribution in [-0.2, 0) is 6.61 Å². The quantitative estimate of drug-likeness (QED) is 0.512. The Morgan fingerprint density at radius 3 is 2.31 bits per heavy atom. The van der Waals surface area contributed by atoms with E-state index >= 15 is 0 Å². The van der Waals surface area contributed by atoms with E-state index in [0.29, 0.717) is 0 Å². The molecule has 7 heteroatoms. The number of rotatable bonds is 1. The molecule has 0 heterocycles. The van der Waals surface area contributed by atoms with Gasteiger partial charge in [-0.25, -0.2) is 0 Å². The highest BCUT2D eigenvalue weighted by molar-refractivity contribution is 6.42. The molecule has 0 aliphatic heterocycles. The van der Waals surface area contributed by atoms with Gasteiger partial charge >= 0.3 is 0 Å². The lowest BCUT2D eigenvalue weighted by Gasteiger charge is -2.33. The molecule has 2 aromatic carbocycles. The summed E-state index contributed by atoms with van der Waals surface area (Å²) in [6.45, 7) is -0.418. The number of hydrogen-bond donors (Lipinski definition) is 5. The van der Waals surface area contributed by atoms with Crippen LogP contribution in [0.15, 0.2) is 35.9 Å². The summed E-state index contributed by atoms with van der Waals surface area (Å²) < 4.78 is 0. The van der Waals surface area contributed by atoms with Crippen molar-refractivity contribution in [2.24, 2.45) is 0 Å². The fourth-order valence-corrected chi connectivity index (χ4v) is 3.64. The number of Topliss-reactive ketones (excluding diaryl/α,β-unsaturated/α-hetero) is 2. The van der Waals surface area contributed by atoms with Crippen molar-refractivity contribution in [3.8, 4) is 11.5 Å². The Labute approximate surface area is 147 Å².